The number of hydrogen-bond donors (Lipinski definition) is 2. The molecule has 0 atom stereocenters. The normalized spacial score (nSPS) is 11.2. The number of hydrogen-bond acceptors (Lipinski definition) is 4. The Morgan fingerprint density at radius 2 is 1.71 bits per heavy atom. The van der Waals surface area contributed by atoms with Gasteiger partial charge in [0.05, 0.1) is 19.4 Å². The minimum absolute atomic E-state index is 0.243. The highest BCUT2D eigenvalue weighted by Crippen LogP contribution is 2.32. The summed E-state index contributed by atoms with van der Waals surface area (Å²) in [5.74, 6) is -0.243. The maximum Gasteiger partial charge on any atom is 0.257 e. The molecule has 9 heteroatoms. The van der Waals surface area contributed by atoms with Crippen LogP contribution < -0.4 is 10.0 Å². The van der Waals surface area contributed by atoms with Crippen LogP contribution in [0.4, 0.5) is 11.4 Å². The van der Waals surface area contributed by atoms with Crippen LogP contribution in [0, 0.1) is 0 Å². The smallest absolute Gasteiger partial charge is 0.257 e. The summed E-state index contributed by atoms with van der Waals surface area (Å²) in [6, 6.07) is 8.13. The topological polar surface area (TPSA) is 75.3 Å². The lowest BCUT2D eigenvalue weighted by molar-refractivity contribution is 0.102. The van der Waals surface area contributed by atoms with Crippen molar-refractivity contribution in [3.05, 3.63) is 43.5 Å². The fourth-order valence-electron chi connectivity index (χ4n) is 1.53. The van der Waals surface area contributed by atoms with E-state index >= 15 is 0 Å². The Kier molecular flexibility index (Phi) is 5.07. The summed E-state index contributed by atoms with van der Waals surface area (Å²) in [5.41, 5.74) is 1.55. The first-order valence-electron chi connectivity index (χ1n) is 5.58. The highest BCUT2D eigenvalue weighted by Gasteiger charge is 2.13. The van der Waals surface area contributed by atoms with Crippen molar-refractivity contribution in [3.8, 4) is 0 Å². The van der Waals surface area contributed by atoms with E-state index in [1.165, 1.54) is 11.3 Å². The van der Waals surface area contributed by atoms with Crippen molar-refractivity contribution >= 4 is 70.5 Å². The molecule has 2 N–H and O–H groups in total. The van der Waals surface area contributed by atoms with E-state index < -0.39 is 10.0 Å². The van der Waals surface area contributed by atoms with Crippen molar-refractivity contribution in [2.45, 2.75) is 0 Å². The molecule has 0 fully saturated rings. The van der Waals surface area contributed by atoms with Gasteiger partial charge in [0.15, 0.2) is 0 Å². The van der Waals surface area contributed by atoms with Crippen LogP contribution in [0.1, 0.15) is 10.4 Å². The van der Waals surface area contributed by atoms with Crippen LogP contribution in [0.5, 0.6) is 0 Å². The SMILES string of the molecule is CS(=O)(=O)Nc1ccc(NC(=O)c2cc(Br)sc2Br)cc1. The second-order valence-electron chi connectivity index (χ2n) is 4.14. The Balaban J connectivity index is 2.10. The highest BCUT2D eigenvalue weighted by molar-refractivity contribution is 9.12. The van der Waals surface area contributed by atoms with E-state index in [4.69, 9.17) is 0 Å². The van der Waals surface area contributed by atoms with Gasteiger partial charge in [0.2, 0.25) is 10.0 Å². The molecule has 0 aliphatic heterocycles. The molecule has 5 nitrogen and oxygen atoms in total. The molecule has 0 saturated carbocycles. The first-order valence-corrected chi connectivity index (χ1v) is 9.88. The van der Waals surface area contributed by atoms with Crippen molar-refractivity contribution in [2.24, 2.45) is 0 Å². The lowest BCUT2D eigenvalue weighted by Crippen LogP contribution is -2.12. The molecule has 21 heavy (non-hydrogen) atoms. The first kappa shape index (κ1) is 16.5. The molecule has 0 saturated heterocycles. The van der Waals surface area contributed by atoms with Gasteiger partial charge in [-0.15, -0.1) is 11.3 Å². The number of carbonyl (C=O) groups excluding carboxylic acids is 1. The average Bonchev–Trinajstić information content (AvgIpc) is 2.69. The van der Waals surface area contributed by atoms with Crippen LogP contribution in [-0.4, -0.2) is 20.6 Å². The van der Waals surface area contributed by atoms with Gasteiger partial charge in [0.1, 0.15) is 0 Å². The third-order valence-electron chi connectivity index (χ3n) is 2.35. The number of rotatable bonds is 4. The highest BCUT2D eigenvalue weighted by atomic mass is 79.9. The third-order valence-corrected chi connectivity index (χ3v) is 5.29. The molecular weight excluding hydrogens is 444 g/mol. The van der Waals surface area contributed by atoms with E-state index in [-0.39, 0.29) is 5.91 Å². The van der Waals surface area contributed by atoms with Crippen LogP contribution in [-0.2, 0) is 10.0 Å². The number of nitrogens with one attached hydrogen (secondary N) is 2. The number of thiophene rings is 1. The predicted octanol–water partition coefficient (Wildman–Crippen LogP) is 3.90. The van der Waals surface area contributed by atoms with Gasteiger partial charge >= 0.3 is 0 Å². The Morgan fingerprint density at radius 1 is 1.14 bits per heavy atom. The van der Waals surface area contributed by atoms with Gasteiger partial charge in [0, 0.05) is 11.4 Å². The molecule has 112 valence electrons. The zero-order valence-corrected chi connectivity index (χ0v) is 15.5. The molecule has 1 aromatic heterocycles. The van der Waals surface area contributed by atoms with Crippen molar-refractivity contribution in [2.75, 3.05) is 16.3 Å². The van der Waals surface area contributed by atoms with Crippen molar-refractivity contribution < 1.29 is 13.2 Å². The fourth-order valence-corrected chi connectivity index (χ4v) is 4.89. The molecule has 1 amide bonds. The summed E-state index contributed by atoms with van der Waals surface area (Å²) in [5, 5.41) is 2.74. The lowest BCUT2D eigenvalue weighted by atomic mass is 10.2. The molecule has 0 aliphatic carbocycles. The second-order valence-corrected chi connectivity index (χ2v) is 9.64. The number of amides is 1. The van der Waals surface area contributed by atoms with Crippen LogP contribution in [0.3, 0.4) is 0 Å². The van der Waals surface area contributed by atoms with E-state index in [1.54, 1.807) is 30.3 Å². The average molecular weight is 454 g/mol. The second kappa shape index (κ2) is 6.47. The zero-order valence-electron chi connectivity index (χ0n) is 10.7. The molecule has 1 aromatic carbocycles. The minimum atomic E-state index is -3.31. The van der Waals surface area contributed by atoms with Crippen molar-refractivity contribution in [1.29, 1.82) is 0 Å². The Bertz CT molecular complexity index is 770. The van der Waals surface area contributed by atoms with Crippen LogP contribution in [0.15, 0.2) is 37.9 Å². The number of anilines is 2. The predicted molar refractivity (Wildman–Crippen MR) is 92.6 cm³/mol. The maximum atomic E-state index is 12.1. The number of benzene rings is 1. The fraction of sp³-hybridized carbons (Fsp3) is 0.0833. The van der Waals surface area contributed by atoms with E-state index in [9.17, 15) is 13.2 Å². The quantitative estimate of drug-likeness (QED) is 0.737. The number of carbonyl (C=O) groups is 1. The summed E-state index contributed by atoms with van der Waals surface area (Å²) >= 11 is 8.06. The van der Waals surface area contributed by atoms with E-state index in [2.05, 4.69) is 41.9 Å². The molecule has 0 aliphatic rings. The summed E-state index contributed by atoms with van der Waals surface area (Å²) in [4.78, 5) is 12.1. The van der Waals surface area contributed by atoms with Crippen LogP contribution in [0.25, 0.3) is 0 Å². The largest absolute Gasteiger partial charge is 0.322 e. The van der Waals surface area contributed by atoms with E-state index in [0.29, 0.717) is 16.9 Å². The van der Waals surface area contributed by atoms with E-state index in [0.717, 1.165) is 13.8 Å². The molecule has 0 spiro atoms. The standard InChI is InChI=1S/C12H10Br2N2O3S2/c1-21(18,19)16-8-4-2-7(3-5-8)15-12(17)9-6-10(13)20-11(9)14/h2-6,16H,1H3,(H,15,17). The van der Waals surface area contributed by atoms with Crippen molar-refractivity contribution in [1.82, 2.24) is 0 Å². The Morgan fingerprint density at radius 3 is 2.19 bits per heavy atom. The third kappa shape index (κ3) is 4.80. The van der Waals surface area contributed by atoms with Gasteiger partial charge in [-0.05, 0) is 62.2 Å². The Labute approximate surface area is 143 Å². The van der Waals surface area contributed by atoms with Gasteiger partial charge in [-0.1, -0.05) is 0 Å². The van der Waals surface area contributed by atoms with Gasteiger partial charge in [-0.2, -0.15) is 0 Å². The molecule has 1 heterocycles. The van der Waals surface area contributed by atoms with E-state index in [1.807, 2.05) is 0 Å². The van der Waals surface area contributed by atoms with Gasteiger partial charge in [-0.25, -0.2) is 8.42 Å². The van der Waals surface area contributed by atoms with Gasteiger partial charge < -0.3 is 5.32 Å². The molecule has 2 rings (SSSR count). The van der Waals surface area contributed by atoms with Gasteiger partial charge in [-0.3, -0.25) is 9.52 Å². The minimum Gasteiger partial charge on any atom is -0.322 e. The molecular formula is C12H10Br2N2O3S2. The van der Waals surface area contributed by atoms with Crippen LogP contribution in [0.2, 0.25) is 0 Å². The van der Waals surface area contributed by atoms with Crippen LogP contribution >= 0.6 is 43.2 Å². The summed E-state index contributed by atoms with van der Waals surface area (Å²) in [6.07, 6.45) is 1.08. The monoisotopic (exact) mass is 452 g/mol. The summed E-state index contributed by atoms with van der Waals surface area (Å²) in [6.45, 7) is 0. The molecule has 0 unspecified atom stereocenters. The Hall–Kier alpha value is -0.900. The van der Waals surface area contributed by atoms with Crippen molar-refractivity contribution in [3.63, 3.8) is 0 Å². The van der Waals surface area contributed by atoms with Gasteiger partial charge in [0.25, 0.3) is 5.91 Å². The number of halogens is 2. The maximum absolute atomic E-state index is 12.1. The zero-order chi connectivity index (χ0) is 15.6. The summed E-state index contributed by atoms with van der Waals surface area (Å²) < 4.78 is 26.1. The molecule has 2 aromatic rings. The number of sulfonamides is 1. The first-order chi connectivity index (χ1) is 9.74. The lowest BCUT2D eigenvalue weighted by Gasteiger charge is -2.07. The molecule has 0 radical (unpaired) electrons. The summed E-state index contributed by atoms with van der Waals surface area (Å²) in [7, 11) is -3.31. The molecule has 0 bridgehead atoms.